The fourth-order valence-corrected chi connectivity index (χ4v) is 4.06. The van der Waals surface area contributed by atoms with Gasteiger partial charge in [-0.2, -0.15) is 0 Å². The van der Waals surface area contributed by atoms with Crippen LogP contribution in [0.1, 0.15) is 29.8 Å². The Labute approximate surface area is 166 Å². The maximum Gasteiger partial charge on any atom is 0.272 e. The standard InChI is InChI=1S/C22H28N4O2/c1-28-21-8-4-3-7-20(21)25-15-13-24(14-16-25)18-9-10-19(23-17-18)22(27)26-11-5-2-6-12-26/h3-4,7-10,17H,2,5-6,11-16H2,1H3. The van der Waals surface area contributed by atoms with Crippen LogP contribution in [-0.4, -0.2) is 62.2 Å². The number of piperidine rings is 1. The summed E-state index contributed by atoms with van der Waals surface area (Å²) in [4.78, 5) is 23.7. The number of anilines is 2. The molecule has 0 bridgehead atoms. The van der Waals surface area contributed by atoms with Gasteiger partial charge in [-0.05, 0) is 43.5 Å². The number of nitrogens with zero attached hydrogens (tertiary/aromatic N) is 4. The van der Waals surface area contributed by atoms with Gasteiger partial charge in [0, 0.05) is 39.3 Å². The topological polar surface area (TPSA) is 48.9 Å². The average Bonchev–Trinajstić information content (AvgIpc) is 2.79. The first-order chi connectivity index (χ1) is 13.8. The van der Waals surface area contributed by atoms with Crippen LogP contribution in [0.15, 0.2) is 42.6 Å². The number of hydrogen-bond acceptors (Lipinski definition) is 5. The number of aromatic nitrogens is 1. The third-order valence-electron chi connectivity index (χ3n) is 5.68. The van der Waals surface area contributed by atoms with E-state index in [1.54, 1.807) is 7.11 Å². The van der Waals surface area contributed by atoms with Gasteiger partial charge in [-0.15, -0.1) is 0 Å². The smallest absolute Gasteiger partial charge is 0.272 e. The molecule has 1 aromatic carbocycles. The van der Waals surface area contributed by atoms with Crippen LogP contribution >= 0.6 is 0 Å². The Balaban J connectivity index is 1.37. The minimum Gasteiger partial charge on any atom is -0.495 e. The number of carbonyl (C=O) groups excluding carboxylic acids is 1. The van der Waals surface area contributed by atoms with Crippen LogP contribution in [0.2, 0.25) is 0 Å². The third kappa shape index (κ3) is 3.91. The van der Waals surface area contributed by atoms with E-state index < -0.39 is 0 Å². The lowest BCUT2D eigenvalue weighted by atomic mass is 10.1. The Morgan fingerprint density at radius 3 is 2.29 bits per heavy atom. The van der Waals surface area contributed by atoms with E-state index in [2.05, 4.69) is 20.9 Å². The maximum absolute atomic E-state index is 12.6. The molecule has 6 nitrogen and oxygen atoms in total. The molecule has 4 rings (SSSR count). The lowest BCUT2D eigenvalue weighted by Crippen LogP contribution is -2.46. The molecule has 1 amide bonds. The monoisotopic (exact) mass is 380 g/mol. The molecule has 0 spiro atoms. The summed E-state index contributed by atoms with van der Waals surface area (Å²) in [5.74, 6) is 0.977. The third-order valence-corrected chi connectivity index (χ3v) is 5.68. The summed E-state index contributed by atoms with van der Waals surface area (Å²) in [7, 11) is 1.72. The zero-order valence-corrected chi connectivity index (χ0v) is 16.5. The van der Waals surface area contributed by atoms with Crippen molar-refractivity contribution < 1.29 is 9.53 Å². The summed E-state index contributed by atoms with van der Waals surface area (Å²) in [5, 5.41) is 0. The van der Waals surface area contributed by atoms with Gasteiger partial charge in [-0.3, -0.25) is 4.79 Å². The number of piperazine rings is 1. The number of rotatable bonds is 4. The van der Waals surface area contributed by atoms with Crippen LogP contribution in [0.4, 0.5) is 11.4 Å². The zero-order chi connectivity index (χ0) is 19.3. The molecule has 0 atom stereocenters. The molecule has 0 radical (unpaired) electrons. The summed E-state index contributed by atoms with van der Waals surface area (Å²) < 4.78 is 5.49. The van der Waals surface area contributed by atoms with E-state index >= 15 is 0 Å². The van der Waals surface area contributed by atoms with Crippen molar-refractivity contribution in [1.82, 2.24) is 9.88 Å². The predicted octanol–water partition coefficient (Wildman–Crippen LogP) is 3.04. The number of hydrogen-bond donors (Lipinski definition) is 0. The molecule has 0 N–H and O–H groups in total. The van der Waals surface area contributed by atoms with Crippen LogP contribution in [-0.2, 0) is 0 Å². The first-order valence-corrected chi connectivity index (χ1v) is 10.1. The number of para-hydroxylation sites is 2. The van der Waals surface area contributed by atoms with Crippen LogP contribution < -0.4 is 14.5 Å². The van der Waals surface area contributed by atoms with E-state index in [0.29, 0.717) is 5.69 Å². The molecule has 2 aromatic rings. The van der Waals surface area contributed by atoms with Gasteiger partial charge in [0.2, 0.25) is 0 Å². The van der Waals surface area contributed by atoms with Crippen molar-refractivity contribution in [2.75, 3.05) is 56.2 Å². The average molecular weight is 380 g/mol. The van der Waals surface area contributed by atoms with Crippen molar-refractivity contribution in [3.05, 3.63) is 48.3 Å². The lowest BCUT2D eigenvalue weighted by Gasteiger charge is -2.37. The van der Waals surface area contributed by atoms with Gasteiger partial charge in [-0.1, -0.05) is 12.1 Å². The summed E-state index contributed by atoms with van der Waals surface area (Å²) in [6, 6.07) is 12.1. The Kier molecular flexibility index (Phi) is 5.65. The molecule has 2 aliphatic heterocycles. The van der Waals surface area contributed by atoms with Crippen molar-refractivity contribution in [1.29, 1.82) is 0 Å². The first kappa shape index (κ1) is 18.6. The minimum absolute atomic E-state index is 0.0623. The van der Waals surface area contributed by atoms with E-state index in [4.69, 9.17) is 4.74 Å². The molecule has 0 saturated carbocycles. The highest BCUT2D eigenvalue weighted by Crippen LogP contribution is 2.29. The van der Waals surface area contributed by atoms with Crippen LogP contribution in [0.3, 0.4) is 0 Å². The first-order valence-electron chi connectivity index (χ1n) is 10.1. The normalized spacial score (nSPS) is 17.5. The fourth-order valence-electron chi connectivity index (χ4n) is 4.06. The zero-order valence-electron chi connectivity index (χ0n) is 16.5. The second-order valence-corrected chi connectivity index (χ2v) is 7.40. The van der Waals surface area contributed by atoms with Gasteiger partial charge >= 0.3 is 0 Å². The van der Waals surface area contributed by atoms with Gasteiger partial charge in [0.05, 0.1) is 24.7 Å². The van der Waals surface area contributed by atoms with Gasteiger partial charge in [0.1, 0.15) is 11.4 Å². The van der Waals surface area contributed by atoms with Gasteiger partial charge in [-0.25, -0.2) is 4.98 Å². The Morgan fingerprint density at radius 1 is 0.893 bits per heavy atom. The van der Waals surface area contributed by atoms with Crippen molar-refractivity contribution in [2.24, 2.45) is 0 Å². The number of amides is 1. The van der Waals surface area contributed by atoms with E-state index in [1.807, 2.05) is 41.4 Å². The van der Waals surface area contributed by atoms with E-state index in [1.165, 1.54) is 6.42 Å². The number of benzene rings is 1. The number of pyridine rings is 1. The van der Waals surface area contributed by atoms with Gasteiger partial charge in [0.25, 0.3) is 5.91 Å². The van der Waals surface area contributed by atoms with Crippen molar-refractivity contribution >= 4 is 17.3 Å². The summed E-state index contributed by atoms with van der Waals surface area (Å²) in [6.07, 6.45) is 5.26. The molecule has 2 aliphatic rings. The highest BCUT2D eigenvalue weighted by molar-refractivity contribution is 5.92. The number of methoxy groups -OCH3 is 1. The summed E-state index contributed by atoms with van der Waals surface area (Å²) >= 11 is 0. The molecule has 2 saturated heterocycles. The molecular formula is C22H28N4O2. The molecule has 28 heavy (non-hydrogen) atoms. The van der Waals surface area contributed by atoms with E-state index in [-0.39, 0.29) is 5.91 Å². The Hall–Kier alpha value is -2.76. The molecule has 2 fully saturated rings. The summed E-state index contributed by atoms with van der Waals surface area (Å²) in [5.41, 5.74) is 2.78. The quantitative estimate of drug-likeness (QED) is 0.816. The number of likely N-dealkylation sites (tertiary alicyclic amines) is 1. The van der Waals surface area contributed by atoms with Gasteiger partial charge < -0.3 is 19.4 Å². The Morgan fingerprint density at radius 2 is 1.61 bits per heavy atom. The number of ether oxygens (including phenoxy) is 1. The van der Waals surface area contributed by atoms with Crippen molar-refractivity contribution in [3.63, 3.8) is 0 Å². The second-order valence-electron chi connectivity index (χ2n) is 7.40. The number of carbonyl (C=O) groups is 1. The summed E-state index contributed by atoms with van der Waals surface area (Å²) in [6.45, 7) is 5.39. The van der Waals surface area contributed by atoms with Crippen LogP contribution in [0.25, 0.3) is 0 Å². The van der Waals surface area contributed by atoms with Crippen LogP contribution in [0, 0.1) is 0 Å². The van der Waals surface area contributed by atoms with Crippen LogP contribution in [0.5, 0.6) is 5.75 Å². The molecular weight excluding hydrogens is 352 g/mol. The molecule has 0 unspecified atom stereocenters. The molecule has 3 heterocycles. The predicted molar refractivity (Wildman–Crippen MR) is 111 cm³/mol. The highest BCUT2D eigenvalue weighted by Gasteiger charge is 2.22. The maximum atomic E-state index is 12.6. The largest absolute Gasteiger partial charge is 0.495 e. The van der Waals surface area contributed by atoms with E-state index in [0.717, 1.165) is 69.2 Å². The van der Waals surface area contributed by atoms with Gasteiger partial charge in [0.15, 0.2) is 0 Å². The lowest BCUT2D eigenvalue weighted by molar-refractivity contribution is 0.0718. The highest BCUT2D eigenvalue weighted by atomic mass is 16.5. The molecule has 148 valence electrons. The minimum atomic E-state index is 0.0623. The molecule has 0 aliphatic carbocycles. The second kappa shape index (κ2) is 8.50. The molecule has 6 heteroatoms. The Bertz CT molecular complexity index is 794. The van der Waals surface area contributed by atoms with Crippen molar-refractivity contribution in [3.8, 4) is 5.75 Å². The SMILES string of the molecule is COc1ccccc1N1CCN(c2ccc(C(=O)N3CCCCC3)nc2)CC1. The van der Waals surface area contributed by atoms with Crippen molar-refractivity contribution in [2.45, 2.75) is 19.3 Å². The molecule has 1 aromatic heterocycles. The fraction of sp³-hybridized carbons (Fsp3) is 0.455. The van der Waals surface area contributed by atoms with E-state index in [9.17, 15) is 4.79 Å².